The molecular formula is C15H17N3O2S. The van der Waals surface area contributed by atoms with Gasteiger partial charge in [0.05, 0.1) is 18.4 Å². The lowest BCUT2D eigenvalue weighted by molar-refractivity contribution is -0.114. The third kappa shape index (κ3) is 3.52. The van der Waals surface area contributed by atoms with Gasteiger partial charge in [-0.1, -0.05) is 30.0 Å². The van der Waals surface area contributed by atoms with Crippen molar-refractivity contribution in [3.05, 3.63) is 36.9 Å². The van der Waals surface area contributed by atoms with Crippen LogP contribution < -0.4 is 4.74 Å². The highest BCUT2D eigenvalue weighted by atomic mass is 32.2. The average molecular weight is 303 g/mol. The molecule has 1 aromatic heterocycles. The molecule has 1 aromatic carbocycles. The van der Waals surface area contributed by atoms with E-state index in [9.17, 15) is 4.79 Å². The molecule has 5 nitrogen and oxygen atoms in total. The minimum absolute atomic E-state index is 0.104. The fraction of sp³-hybridized carbons (Fsp3) is 0.267. The van der Waals surface area contributed by atoms with Crippen molar-refractivity contribution in [2.24, 2.45) is 0 Å². The van der Waals surface area contributed by atoms with Crippen LogP contribution >= 0.6 is 11.8 Å². The van der Waals surface area contributed by atoms with E-state index in [0.717, 1.165) is 11.3 Å². The molecular weight excluding hydrogens is 286 g/mol. The molecule has 0 N–H and O–H groups in total. The monoisotopic (exact) mass is 303 g/mol. The number of carbonyl (C=O) groups excluding carboxylic acids is 1. The minimum Gasteiger partial charge on any atom is -0.496 e. The van der Waals surface area contributed by atoms with Crippen LogP contribution in [0.3, 0.4) is 0 Å². The molecule has 0 saturated heterocycles. The first-order valence-corrected chi connectivity index (χ1v) is 7.45. The van der Waals surface area contributed by atoms with E-state index in [1.54, 1.807) is 20.1 Å². The van der Waals surface area contributed by atoms with Gasteiger partial charge >= 0.3 is 0 Å². The molecule has 2 rings (SSSR count). The SMILES string of the molecule is C=CCn1c(SCC(C)=O)nnc1-c1ccccc1OC. The summed E-state index contributed by atoms with van der Waals surface area (Å²) in [6.45, 7) is 5.89. The van der Waals surface area contributed by atoms with Crippen LogP contribution in [0.25, 0.3) is 11.4 Å². The number of ether oxygens (including phenoxy) is 1. The van der Waals surface area contributed by atoms with Gasteiger partial charge in [-0.2, -0.15) is 0 Å². The summed E-state index contributed by atoms with van der Waals surface area (Å²) in [6, 6.07) is 7.64. The van der Waals surface area contributed by atoms with Gasteiger partial charge in [-0.05, 0) is 19.1 Å². The summed E-state index contributed by atoms with van der Waals surface area (Å²) in [4.78, 5) is 11.1. The number of nitrogens with zero attached hydrogens (tertiary/aromatic N) is 3. The lowest BCUT2D eigenvalue weighted by Gasteiger charge is -2.10. The Labute approximate surface area is 128 Å². The quantitative estimate of drug-likeness (QED) is 0.581. The number of benzene rings is 1. The third-order valence-electron chi connectivity index (χ3n) is 2.78. The van der Waals surface area contributed by atoms with Crippen molar-refractivity contribution in [2.45, 2.75) is 18.6 Å². The number of hydrogen-bond donors (Lipinski definition) is 0. The summed E-state index contributed by atoms with van der Waals surface area (Å²) in [7, 11) is 1.62. The third-order valence-corrected chi connectivity index (χ3v) is 3.89. The van der Waals surface area contributed by atoms with Gasteiger partial charge in [0.1, 0.15) is 11.5 Å². The summed E-state index contributed by atoms with van der Waals surface area (Å²) in [5, 5.41) is 9.12. The molecule has 0 radical (unpaired) electrons. The molecule has 0 unspecified atom stereocenters. The molecule has 0 saturated carbocycles. The summed E-state index contributed by atoms with van der Waals surface area (Å²) in [5.74, 6) is 1.92. The number of methoxy groups -OCH3 is 1. The lowest BCUT2D eigenvalue weighted by Crippen LogP contribution is -2.03. The Morgan fingerprint density at radius 3 is 2.86 bits per heavy atom. The van der Waals surface area contributed by atoms with Crippen molar-refractivity contribution in [2.75, 3.05) is 12.9 Å². The maximum atomic E-state index is 11.1. The fourth-order valence-electron chi connectivity index (χ4n) is 1.88. The van der Waals surface area contributed by atoms with Crippen LogP contribution in [0.15, 0.2) is 42.1 Å². The van der Waals surface area contributed by atoms with E-state index >= 15 is 0 Å². The molecule has 21 heavy (non-hydrogen) atoms. The van der Waals surface area contributed by atoms with Crippen molar-refractivity contribution in [3.8, 4) is 17.1 Å². The van der Waals surface area contributed by atoms with Crippen molar-refractivity contribution < 1.29 is 9.53 Å². The number of ketones is 1. The predicted molar refractivity (Wildman–Crippen MR) is 83.6 cm³/mol. The Hall–Kier alpha value is -2.08. The first-order valence-electron chi connectivity index (χ1n) is 6.47. The highest BCUT2D eigenvalue weighted by Crippen LogP contribution is 2.30. The number of aromatic nitrogens is 3. The van der Waals surface area contributed by atoms with Gasteiger partial charge in [0, 0.05) is 6.54 Å². The van der Waals surface area contributed by atoms with Gasteiger partial charge < -0.3 is 4.74 Å². The summed E-state index contributed by atoms with van der Waals surface area (Å²) in [5.41, 5.74) is 0.865. The van der Waals surface area contributed by atoms with Crippen LogP contribution in [0.4, 0.5) is 0 Å². The van der Waals surface area contributed by atoms with Crippen LogP contribution in [0.5, 0.6) is 5.75 Å². The molecule has 0 aliphatic rings. The average Bonchev–Trinajstić information content (AvgIpc) is 2.88. The predicted octanol–water partition coefficient (Wildman–Crippen LogP) is 2.82. The Morgan fingerprint density at radius 1 is 1.43 bits per heavy atom. The molecule has 110 valence electrons. The van der Waals surface area contributed by atoms with Gasteiger partial charge in [-0.25, -0.2) is 0 Å². The first-order chi connectivity index (χ1) is 10.2. The number of allylic oxidation sites excluding steroid dienone is 1. The maximum Gasteiger partial charge on any atom is 0.192 e. The van der Waals surface area contributed by atoms with Crippen molar-refractivity contribution in [3.63, 3.8) is 0 Å². The van der Waals surface area contributed by atoms with Crippen molar-refractivity contribution in [1.82, 2.24) is 14.8 Å². The molecule has 0 amide bonds. The van der Waals surface area contributed by atoms with E-state index in [1.807, 2.05) is 28.8 Å². The molecule has 6 heteroatoms. The van der Waals surface area contributed by atoms with Gasteiger partial charge in [-0.3, -0.25) is 9.36 Å². The second-order valence-corrected chi connectivity index (χ2v) is 5.34. The Balaban J connectivity index is 2.43. The zero-order valence-corrected chi connectivity index (χ0v) is 12.9. The van der Waals surface area contributed by atoms with Crippen LogP contribution in [-0.4, -0.2) is 33.4 Å². The molecule has 0 bridgehead atoms. The second-order valence-electron chi connectivity index (χ2n) is 4.40. The zero-order valence-electron chi connectivity index (χ0n) is 12.1. The Morgan fingerprint density at radius 2 is 2.19 bits per heavy atom. The Kier molecular flexibility index (Phi) is 5.16. The summed E-state index contributed by atoms with van der Waals surface area (Å²) < 4.78 is 7.30. The molecule has 1 heterocycles. The molecule has 2 aromatic rings. The number of hydrogen-bond acceptors (Lipinski definition) is 5. The highest BCUT2D eigenvalue weighted by molar-refractivity contribution is 7.99. The highest BCUT2D eigenvalue weighted by Gasteiger charge is 2.16. The van der Waals surface area contributed by atoms with Gasteiger partial charge in [0.15, 0.2) is 11.0 Å². The molecule has 0 fully saturated rings. The molecule has 0 atom stereocenters. The number of para-hydroxylation sites is 1. The zero-order chi connectivity index (χ0) is 15.2. The van der Waals surface area contributed by atoms with Crippen molar-refractivity contribution >= 4 is 17.5 Å². The van der Waals surface area contributed by atoms with Crippen LogP contribution in [0.2, 0.25) is 0 Å². The van der Waals surface area contributed by atoms with Crippen LogP contribution in [0, 0.1) is 0 Å². The lowest BCUT2D eigenvalue weighted by atomic mass is 10.2. The van der Waals surface area contributed by atoms with Crippen LogP contribution in [-0.2, 0) is 11.3 Å². The standard InChI is InChI=1S/C15H17N3O2S/c1-4-9-18-14(12-7-5-6-8-13(12)20-3)16-17-15(18)21-10-11(2)19/h4-8H,1,9-10H2,2-3H3. The fourth-order valence-corrected chi connectivity index (χ4v) is 2.63. The van der Waals surface area contributed by atoms with E-state index in [-0.39, 0.29) is 5.78 Å². The van der Waals surface area contributed by atoms with Crippen LogP contribution in [0.1, 0.15) is 6.92 Å². The van der Waals surface area contributed by atoms with E-state index in [0.29, 0.717) is 23.3 Å². The van der Waals surface area contributed by atoms with E-state index < -0.39 is 0 Å². The number of Topliss-reactive ketones (excluding diaryl/α,β-unsaturated/α-hetero) is 1. The maximum absolute atomic E-state index is 11.1. The normalized spacial score (nSPS) is 10.4. The minimum atomic E-state index is 0.104. The molecule has 0 spiro atoms. The van der Waals surface area contributed by atoms with E-state index in [1.165, 1.54) is 11.8 Å². The van der Waals surface area contributed by atoms with E-state index in [2.05, 4.69) is 16.8 Å². The van der Waals surface area contributed by atoms with Gasteiger partial charge in [0.25, 0.3) is 0 Å². The topological polar surface area (TPSA) is 57.0 Å². The van der Waals surface area contributed by atoms with E-state index in [4.69, 9.17) is 4.74 Å². The Bertz CT molecular complexity index is 652. The summed E-state index contributed by atoms with van der Waals surface area (Å²) in [6.07, 6.45) is 1.78. The van der Waals surface area contributed by atoms with Crippen molar-refractivity contribution in [1.29, 1.82) is 0 Å². The largest absolute Gasteiger partial charge is 0.496 e. The second kappa shape index (κ2) is 7.08. The number of carbonyl (C=O) groups is 1. The number of rotatable bonds is 7. The van der Waals surface area contributed by atoms with Gasteiger partial charge in [-0.15, -0.1) is 16.8 Å². The summed E-state index contributed by atoms with van der Waals surface area (Å²) >= 11 is 1.38. The molecule has 0 aliphatic carbocycles. The van der Waals surface area contributed by atoms with Gasteiger partial charge in [0.2, 0.25) is 0 Å². The first kappa shape index (κ1) is 15.3. The number of thioether (sulfide) groups is 1. The smallest absolute Gasteiger partial charge is 0.192 e. The molecule has 0 aliphatic heterocycles.